The van der Waals surface area contributed by atoms with Crippen molar-refractivity contribution in [1.82, 2.24) is 20.4 Å². The zero-order valence-electron chi connectivity index (χ0n) is 15.1. The molecule has 7 heteroatoms. The lowest BCUT2D eigenvalue weighted by Crippen LogP contribution is -2.35. The van der Waals surface area contributed by atoms with E-state index in [0.717, 1.165) is 17.1 Å². The van der Waals surface area contributed by atoms with Crippen LogP contribution >= 0.6 is 0 Å². The Balaban J connectivity index is 1.90. The lowest BCUT2D eigenvalue weighted by atomic mass is 10.2. The summed E-state index contributed by atoms with van der Waals surface area (Å²) in [6.45, 7) is 7.99. The van der Waals surface area contributed by atoms with Gasteiger partial charge in [-0.2, -0.15) is 5.10 Å². The molecule has 1 heterocycles. The quantitative estimate of drug-likeness (QED) is 0.753. The van der Waals surface area contributed by atoms with Crippen LogP contribution < -0.4 is 16.0 Å². The van der Waals surface area contributed by atoms with Crippen molar-refractivity contribution in [2.75, 3.05) is 11.9 Å². The lowest BCUT2D eigenvalue weighted by molar-refractivity contribution is -0.121. The van der Waals surface area contributed by atoms with Gasteiger partial charge < -0.3 is 16.0 Å². The van der Waals surface area contributed by atoms with E-state index in [-0.39, 0.29) is 30.9 Å². The normalized spacial score (nSPS) is 10.6. The number of nitrogens with one attached hydrogen (secondary N) is 3. The largest absolute Gasteiger partial charge is 0.354 e. The van der Waals surface area contributed by atoms with Gasteiger partial charge in [0.2, 0.25) is 5.91 Å². The highest BCUT2D eigenvalue weighted by molar-refractivity contribution is 5.89. The molecule has 1 aromatic carbocycles. The van der Waals surface area contributed by atoms with E-state index in [4.69, 9.17) is 0 Å². The summed E-state index contributed by atoms with van der Waals surface area (Å²) in [4.78, 5) is 23.5. The number of carbonyl (C=O) groups is 2. The fraction of sp³-hybridized carbons (Fsp3) is 0.389. The molecular weight excluding hydrogens is 318 g/mol. The minimum atomic E-state index is -0.345. The monoisotopic (exact) mass is 343 g/mol. The number of benzene rings is 1. The van der Waals surface area contributed by atoms with E-state index >= 15 is 0 Å². The molecule has 0 spiro atoms. The molecule has 0 saturated heterocycles. The highest BCUT2D eigenvalue weighted by Gasteiger charge is 2.07. The van der Waals surface area contributed by atoms with Gasteiger partial charge in [0.1, 0.15) is 0 Å². The molecule has 25 heavy (non-hydrogen) atoms. The topological polar surface area (TPSA) is 88.0 Å². The first-order valence-corrected chi connectivity index (χ1v) is 8.33. The Morgan fingerprint density at radius 3 is 2.60 bits per heavy atom. The van der Waals surface area contributed by atoms with Crippen LogP contribution in [-0.2, 0) is 4.79 Å². The number of rotatable bonds is 6. The van der Waals surface area contributed by atoms with Gasteiger partial charge in [-0.25, -0.2) is 9.48 Å². The molecule has 0 atom stereocenters. The number of carbonyl (C=O) groups excluding carboxylic acids is 2. The number of aromatic nitrogens is 2. The van der Waals surface area contributed by atoms with Gasteiger partial charge >= 0.3 is 6.03 Å². The predicted molar refractivity (Wildman–Crippen MR) is 98.0 cm³/mol. The average molecular weight is 343 g/mol. The third-order valence-corrected chi connectivity index (χ3v) is 3.45. The van der Waals surface area contributed by atoms with E-state index in [1.54, 1.807) is 6.07 Å². The summed E-state index contributed by atoms with van der Waals surface area (Å²) >= 11 is 0. The van der Waals surface area contributed by atoms with E-state index in [1.165, 1.54) is 0 Å². The minimum Gasteiger partial charge on any atom is -0.354 e. The summed E-state index contributed by atoms with van der Waals surface area (Å²) < 4.78 is 1.83. The van der Waals surface area contributed by atoms with E-state index < -0.39 is 0 Å². The molecule has 134 valence electrons. The smallest absolute Gasteiger partial charge is 0.319 e. The van der Waals surface area contributed by atoms with Crippen molar-refractivity contribution in [2.45, 2.75) is 40.2 Å². The molecule has 0 radical (unpaired) electrons. The maximum absolute atomic E-state index is 12.0. The summed E-state index contributed by atoms with van der Waals surface area (Å²) in [5.41, 5.74) is 3.50. The van der Waals surface area contributed by atoms with Crippen LogP contribution in [-0.4, -0.2) is 34.3 Å². The molecule has 0 unspecified atom stereocenters. The van der Waals surface area contributed by atoms with Gasteiger partial charge in [0.15, 0.2) is 0 Å². The average Bonchev–Trinajstić information content (AvgIpc) is 2.85. The zero-order valence-corrected chi connectivity index (χ0v) is 15.1. The number of hydrogen-bond donors (Lipinski definition) is 3. The van der Waals surface area contributed by atoms with Crippen LogP contribution in [0.4, 0.5) is 10.5 Å². The molecule has 0 aliphatic rings. The molecule has 0 aliphatic carbocycles. The maximum Gasteiger partial charge on any atom is 0.319 e. The summed E-state index contributed by atoms with van der Waals surface area (Å²) in [5.74, 6) is -0.0816. The third kappa shape index (κ3) is 5.63. The van der Waals surface area contributed by atoms with Gasteiger partial charge in [-0.1, -0.05) is 6.07 Å². The summed E-state index contributed by atoms with van der Waals surface area (Å²) in [6, 6.07) is 9.19. The molecule has 0 saturated carbocycles. The Labute approximate surface area is 147 Å². The number of aryl methyl sites for hydroxylation is 2. The van der Waals surface area contributed by atoms with Gasteiger partial charge in [0.05, 0.1) is 11.4 Å². The predicted octanol–water partition coefficient (Wildman–Crippen LogP) is 2.53. The van der Waals surface area contributed by atoms with Crippen LogP contribution in [0.15, 0.2) is 30.3 Å². The van der Waals surface area contributed by atoms with Gasteiger partial charge in [-0.3, -0.25) is 4.79 Å². The molecule has 0 aliphatic heterocycles. The van der Waals surface area contributed by atoms with Crippen LogP contribution in [0.2, 0.25) is 0 Å². The molecular formula is C18H25N5O2. The minimum absolute atomic E-state index is 0.0816. The van der Waals surface area contributed by atoms with Gasteiger partial charge in [-0.05, 0) is 52.0 Å². The Kier molecular flexibility index (Phi) is 6.16. The molecule has 7 nitrogen and oxygen atoms in total. The van der Waals surface area contributed by atoms with Gasteiger partial charge in [0.25, 0.3) is 0 Å². The van der Waals surface area contributed by atoms with E-state index in [2.05, 4.69) is 21.0 Å². The molecule has 3 N–H and O–H groups in total. The molecule has 0 bridgehead atoms. The second kappa shape index (κ2) is 8.32. The molecule has 2 aromatic rings. The fourth-order valence-electron chi connectivity index (χ4n) is 2.46. The van der Waals surface area contributed by atoms with Crippen LogP contribution in [0.1, 0.15) is 31.7 Å². The van der Waals surface area contributed by atoms with Gasteiger partial charge in [0, 0.05) is 30.4 Å². The lowest BCUT2D eigenvalue weighted by Gasteiger charge is -2.11. The number of hydrogen-bond acceptors (Lipinski definition) is 3. The van der Waals surface area contributed by atoms with E-state index in [0.29, 0.717) is 5.69 Å². The molecule has 1 aromatic heterocycles. The Morgan fingerprint density at radius 1 is 1.20 bits per heavy atom. The highest BCUT2D eigenvalue weighted by atomic mass is 16.2. The second-order valence-corrected chi connectivity index (χ2v) is 6.24. The van der Waals surface area contributed by atoms with Crippen molar-refractivity contribution in [2.24, 2.45) is 0 Å². The van der Waals surface area contributed by atoms with Crippen LogP contribution in [0.25, 0.3) is 5.69 Å². The SMILES string of the molecule is Cc1cc(C)n(-c2cccc(NC(=O)NCCC(=O)NC(C)C)c2)n1. The van der Waals surface area contributed by atoms with Crippen molar-refractivity contribution < 1.29 is 9.59 Å². The summed E-state index contributed by atoms with van der Waals surface area (Å²) in [6.07, 6.45) is 0.247. The standard InChI is InChI=1S/C18H25N5O2/c1-12(2)20-17(24)8-9-19-18(25)21-15-6-5-7-16(11-15)23-14(4)10-13(3)22-23/h5-7,10-12H,8-9H2,1-4H3,(H,20,24)(H2,19,21,25). The van der Waals surface area contributed by atoms with Gasteiger partial charge in [-0.15, -0.1) is 0 Å². The first kappa shape index (κ1) is 18.5. The van der Waals surface area contributed by atoms with Crippen molar-refractivity contribution in [3.8, 4) is 5.69 Å². The fourth-order valence-corrected chi connectivity index (χ4v) is 2.46. The molecule has 0 fully saturated rings. The van der Waals surface area contributed by atoms with E-state index in [9.17, 15) is 9.59 Å². The number of urea groups is 1. The highest BCUT2D eigenvalue weighted by Crippen LogP contribution is 2.16. The first-order valence-electron chi connectivity index (χ1n) is 8.33. The number of anilines is 1. The van der Waals surface area contributed by atoms with Crippen LogP contribution in [0.5, 0.6) is 0 Å². The van der Waals surface area contributed by atoms with E-state index in [1.807, 2.05) is 56.6 Å². The van der Waals surface area contributed by atoms with Crippen LogP contribution in [0.3, 0.4) is 0 Å². The Bertz CT molecular complexity index is 752. The van der Waals surface area contributed by atoms with Crippen LogP contribution in [0, 0.1) is 13.8 Å². The maximum atomic E-state index is 12.0. The van der Waals surface area contributed by atoms with Crippen molar-refractivity contribution in [1.29, 1.82) is 0 Å². The number of nitrogens with zero attached hydrogens (tertiary/aromatic N) is 2. The Hall–Kier alpha value is -2.83. The van der Waals surface area contributed by atoms with Crippen molar-refractivity contribution in [3.63, 3.8) is 0 Å². The first-order chi connectivity index (χ1) is 11.8. The van der Waals surface area contributed by atoms with Crippen molar-refractivity contribution in [3.05, 3.63) is 41.7 Å². The second-order valence-electron chi connectivity index (χ2n) is 6.24. The third-order valence-electron chi connectivity index (χ3n) is 3.45. The zero-order chi connectivity index (χ0) is 18.4. The summed E-state index contributed by atoms with van der Waals surface area (Å²) in [5, 5.41) is 12.7. The van der Waals surface area contributed by atoms with Crippen molar-refractivity contribution >= 4 is 17.6 Å². The Morgan fingerprint density at radius 2 is 1.96 bits per heavy atom. The molecule has 2 rings (SSSR count). The summed E-state index contributed by atoms with van der Waals surface area (Å²) in [7, 11) is 0. The molecule has 3 amide bonds. The number of amides is 3.